The van der Waals surface area contributed by atoms with E-state index in [9.17, 15) is 9.59 Å². The van der Waals surface area contributed by atoms with Crippen molar-refractivity contribution < 1.29 is 9.53 Å². The highest BCUT2D eigenvalue weighted by Crippen LogP contribution is 2.02. The topological polar surface area (TPSA) is 92.6 Å². The maximum atomic E-state index is 12.3. The zero-order valence-electron chi connectivity index (χ0n) is 12.7. The van der Waals surface area contributed by atoms with E-state index in [2.05, 4.69) is 15.4 Å². The lowest BCUT2D eigenvalue weighted by molar-refractivity contribution is 0.0298. The van der Waals surface area contributed by atoms with Crippen molar-refractivity contribution in [2.24, 2.45) is 5.10 Å². The molecule has 1 aromatic carbocycles. The van der Waals surface area contributed by atoms with Gasteiger partial charge in [0.2, 0.25) is 5.69 Å². The number of benzene rings is 1. The van der Waals surface area contributed by atoms with E-state index in [1.807, 2.05) is 31.2 Å². The van der Waals surface area contributed by atoms with Crippen LogP contribution in [0.2, 0.25) is 0 Å². The zero-order chi connectivity index (χ0) is 16.2. The van der Waals surface area contributed by atoms with E-state index in [1.165, 1.54) is 6.21 Å². The lowest BCUT2D eigenvalue weighted by Gasteiger charge is -2.25. The molecule has 120 valence electrons. The second kappa shape index (κ2) is 6.57. The third-order valence-electron chi connectivity index (χ3n) is 3.55. The molecule has 2 aromatic rings. The zero-order valence-corrected chi connectivity index (χ0v) is 12.7. The van der Waals surface area contributed by atoms with Crippen molar-refractivity contribution in [2.45, 2.75) is 6.92 Å². The summed E-state index contributed by atoms with van der Waals surface area (Å²) < 4.78 is 5.19. The number of aromatic amines is 1. The van der Waals surface area contributed by atoms with E-state index >= 15 is 0 Å². The van der Waals surface area contributed by atoms with Crippen molar-refractivity contribution in [3.8, 4) is 0 Å². The molecule has 0 spiro atoms. The number of hydrogen-bond acceptors (Lipinski definition) is 5. The summed E-state index contributed by atoms with van der Waals surface area (Å²) in [6.45, 7) is 3.84. The van der Waals surface area contributed by atoms with Crippen molar-refractivity contribution in [3.63, 3.8) is 0 Å². The molecule has 1 N–H and O–H groups in total. The number of aromatic nitrogens is 3. The molecule has 0 aliphatic carbocycles. The van der Waals surface area contributed by atoms with Gasteiger partial charge < -0.3 is 9.64 Å². The molecule has 0 unspecified atom stereocenters. The molecule has 0 atom stereocenters. The molecule has 2 heterocycles. The average Bonchev–Trinajstić information content (AvgIpc) is 2.95. The number of ether oxygens (including phenoxy) is 1. The SMILES string of the molecule is Cc1ccc(C=Nn2[nH]nc(C(=O)N3CCOCC3)c2=O)cc1. The molecule has 3 rings (SSSR count). The Kier molecular flexibility index (Phi) is 4.33. The smallest absolute Gasteiger partial charge is 0.320 e. The maximum Gasteiger partial charge on any atom is 0.320 e. The highest BCUT2D eigenvalue weighted by molar-refractivity contribution is 5.92. The number of carbonyl (C=O) groups is 1. The van der Waals surface area contributed by atoms with Crippen molar-refractivity contribution >= 4 is 12.1 Å². The second-order valence-electron chi connectivity index (χ2n) is 5.24. The highest BCUT2D eigenvalue weighted by Gasteiger charge is 2.24. The molecule has 8 heteroatoms. The van der Waals surface area contributed by atoms with Gasteiger partial charge in [0.25, 0.3) is 5.91 Å². The monoisotopic (exact) mass is 315 g/mol. The standard InChI is InChI=1S/C15H17N5O3/c1-11-2-4-12(5-3-11)10-16-20-15(22)13(17-18-20)14(21)19-6-8-23-9-7-19/h2-5,10,18H,6-9H2,1H3. The number of H-pyrrole nitrogens is 1. The van der Waals surface area contributed by atoms with Gasteiger partial charge in [-0.3, -0.25) is 9.59 Å². The molecular weight excluding hydrogens is 298 g/mol. The molecule has 0 radical (unpaired) electrons. The fourth-order valence-electron chi connectivity index (χ4n) is 2.20. The fourth-order valence-corrected chi connectivity index (χ4v) is 2.20. The number of rotatable bonds is 3. The van der Waals surface area contributed by atoms with E-state index in [4.69, 9.17) is 4.74 Å². The van der Waals surface area contributed by atoms with Gasteiger partial charge in [-0.2, -0.15) is 10.3 Å². The molecule has 1 aromatic heterocycles. The number of nitrogens with zero attached hydrogens (tertiary/aromatic N) is 4. The average molecular weight is 315 g/mol. The van der Waals surface area contributed by atoms with Crippen LogP contribution in [-0.4, -0.2) is 58.4 Å². The van der Waals surface area contributed by atoms with Crippen LogP contribution >= 0.6 is 0 Å². The van der Waals surface area contributed by atoms with Crippen LogP contribution in [-0.2, 0) is 4.74 Å². The van der Waals surface area contributed by atoms with Crippen LogP contribution in [0.3, 0.4) is 0 Å². The van der Waals surface area contributed by atoms with Gasteiger partial charge in [0.05, 0.1) is 19.4 Å². The van der Waals surface area contributed by atoms with Crippen molar-refractivity contribution in [2.75, 3.05) is 26.3 Å². The second-order valence-corrected chi connectivity index (χ2v) is 5.24. The molecule has 1 fully saturated rings. The third-order valence-corrected chi connectivity index (χ3v) is 3.55. The summed E-state index contributed by atoms with van der Waals surface area (Å²) in [6, 6.07) is 7.68. The van der Waals surface area contributed by atoms with Crippen molar-refractivity contribution in [3.05, 3.63) is 51.4 Å². The first-order valence-corrected chi connectivity index (χ1v) is 7.30. The fraction of sp³-hybridized carbons (Fsp3) is 0.333. The molecule has 1 aliphatic rings. The van der Waals surface area contributed by atoms with E-state index in [0.29, 0.717) is 26.3 Å². The molecule has 23 heavy (non-hydrogen) atoms. The summed E-state index contributed by atoms with van der Waals surface area (Å²) in [4.78, 5) is 27.0. The van der Waals surface area contributed by atoms with Crippen LogP contribution in [0.25, 0.3) is 0 Å². The lowest BCUT2D eigenvalue weighted by atomic mass is 10.2. The summed E-state index contributed by atoms with van der Waals surface area (Å²) in [7, 11) is 0. The molecule has 1 amide bonds. The molecule has 0 bridgehead atoms. The molecular formula is C15H17N5O3. The van der Waals surface area contributed by atoms with Crippen LogP contribution in [0.5, 0.6) is 0 Å². The number of morpholine rings is 1. The summed E-state index contributed by atoms with van der Waals surface area (Å²) in [5, 5.41) is 10.3. The maximum absolute atomic E-state index is 12.3. The Bertz CT molecular complexity index is 769. The Balaban J connectivity index is 1.77. The number of carbonyl (C=O) groups excluding carboxylic acids is 1. The molecule has 0 saturated carbocycles. The number of hydrogen-bond donors (Lipinski definition) is 1. The van der Waals surface area contributed by atoms with Gasteiger partial charge in [-0.1, -0.05) is 29.8 Å². The Morgan fingerprint density at radius 1 is 1.30 bits per heavy atom. The van der Waals surface area contributed by atoms with Crippen molar-refractivity contribution in [1.29, 1.82) is 0 Å². The first-order valence-electron chi connectivity index (χ1n) is 7.30. The predicted molar refractivity (Wildman–Crippen MR) is 83.7 cm³/mol. The number of nitrogens with one attached hydrogen (secondary N) is 1. The van der Waals surface area contributed by atoms with Gasteiger partial charge in [0.1, 0.15) is 0 Å². The Hall–Kier alpha value is -2.74. The first-order chi connectivity index (χ1) is 11.1. The van der Waals surface area contributed by atoms with Gasteiger partial charge in [0.15, 0.2) is 0 Å². The van der Waals surface area contributed by atoms with E-state index < -0.39 is 11.5 Å². The van der Waals surface area contributed by atoms with Crippen LogP contribution in [0, 0.1) is 6.92 Å². The predicted octanol–water partition coefficient (Wildman–Crippen LogP) is 0.234. The van der Waals surface area contributed by atoms with E-state index in [-0.39, 0.29) is 5.69 Å². The van der Waals surface area contributed by atoms with Crippen LogP contribution in [0.1, 0.15) is 21.6 Å². The first kappa shape index (κ1) is 15.2. The third kappa shape index (κ3) is 3.37. The quantitative estimate of drug-likeness (QED) is 0.821. The Labute approximate surface area is 132 Å². The van der Waals surface area contributed by atoms with Crippen molar-refractivity contribution in [1.82, 2.24) is 20.0 Å². The lowest BCUT2D eigenvalue weighted by Crippen LogP contribution is -2.42. The Morgan fingerprint density at radius 3 is 2.70 bits per heavy atom. The normalized spacial score (nSPS) is 15.3. The summed E-state index contributed by atoms with van der Waals surface area (Å²) in [5.41, 5.74) is 1.26. The minimum Gasteiger partial charge on any atom is -0.378 e. The minimum atomic E-state index is -0.565. The van der Waals surface area contributed by atoms with Gasteiger partial charge in [-0.15, -0.1) is 9.89 Å². The summed E-state index contributed by atoms with van der Waals surface area (Å²) in [6.07, 6.45) is 1.53. The molecule has 1 saturated heterocycles. The number of amides is 1. The summed E-state index contributed by atoms with van der Waals surface area (Å²) in [5.74, 6) is -0.404. The van der Waals surface area contributed by atoms with Crippen LogP contribution < -0.4 is 5.56 Å². The molecule has 1 aliphatic heterocycles. The van der Waals surface area contributed by atoms with E-state index in [1.54, 1.807) is 4.90 Å². The molecule has 8 nitrogen and oxygen atoms in total. The summed E-state index contributed by atoms with van der Waals surface area (Å²) >= 11 is 0. The number of aryl methyl sites for hydroxylation is 1. The van der Waals surface area contributed by atoms with Gasteiger partial charge in [-0.05, 0) is 12.5 Å². The van der Waals surface area contributed by atoms with Gasteiger partial charge >= 0.3 is 5.56 Å². The largest absolute Gasteiger partial charge is 0.378 e. The van der Waals surface area contributed by atoms with Crippen LogP contribution in [0.15, 0.2) is 34.2 Å². The minimum absolute atomic E-state index is 0.159. The van der Waals surface area contributed by atoms with E-state index in [0.717, 1.165) is 15.9 Å². The van der Waals surface area contributed by atoms with Crippen LogP contribution in [0.4, 0.5) is 0 Å². The van der Waals surface area contributed by atoms with Gasteiger partial charge in [-0.25, -0.2) is 0 Å². The Morgan fingerprint density at radius 2 is 2.00 bits per heavy atom. The van der Waals surface area contributed by atoms with Gasteiger partial charge in [0, 0.05) is 13.1 Å². The highest BCUT2D eigenvalue weighted by atomic mass is 16.5.